The summed E-state index contributed by atoms with van der Waals surface area (Å²) in [5.41, 5.74) is -1.56. The SMILES string of the molecule is C/C=C(\N=C(\Cl)C(C)C)n1ccc(OCCC2(C(F)(F)F)CC2)n1.CC. The van der Waals surface area contributed by atoms with E-state index in [0.717, 1.165) is 0 Å². The first kappa shape index (κ1) is 22.5. The van der Waals surface area contributed by atoms with Crippen LogP contribution in [0.3, 0.4) is 0 Å². The minimum Gasteiger partial charge on any atom is -0.477 e. The number of aliphatic imine (C=N–C) groups is 1. The van der Waals surface area contributed by atoms with E-state index in [2.05, 4.69) is 10.1 Å². The Labute approximate surface area is 158 Å². The van der Waals surface area contributed by atoms with Crippen LogP contribution in [0.1, 0.15) is 53.9 Å². The number of hydrogen-bond acceptors (Lipinski definition) is 3. The van der Waals surface area contributed by atoms with Crippen LogP contribution in [0.15, 0.2) is 23.3 Å². The molecule has 0 aliphatic heterocycles. The maximum Gasteiger partial charge on any atom is 0.394 e. The Hall–Kier alpha value is -1.50. The number of rotatable bonds is 7. The van der Waals surface area contributed by atoms with Gasteiger partial charge in [-0.1, -0.05) is 39.3 Å². The molecule has 1 aliphatic rings. The van der Waals surface area contributed by atoms with Gasteiger partial charge in [0.15, 0.2) is 5.82 Å². The summed E-state index contributed by atoms with van der Waals surface area (Å²) in [6.45, 7) is 9.62. The van der Waals surface area contributed by atoms with E-state index in [0.29, 0.717) is 11.0 Å². The van der Waals surface area contributed by atoms with Crippen molar-refractivity contribution in [2.75, 3.05) is 6.61 Å². The molecule has 26 heavy (non-hydrogen) atoms. The summed E-state index contributed by atoms with van der Waals surface area (Å²) in [6.07, 6.45) is -0.466. The molecule has 0 bridgehead atoms. The molecule has 1 saturated carbocycles. The fraction of sp³-hybridized carbons (Fsp3) is 0.667. The van der Waals surface area contributed by atoms with Crippen molar-refractivity contribution in [2.24, 2.45) is 16.3 Å². The molecule has 2 rings (SSSR count). The van der Waals surface area contributed by atoms with E-state index in [-0.39, 0.29) is 37.7 Å². The van der Waals surface area contributed by atoms with E-state index in [1.807, 2.05) is 27.7 Å². The number of hydrogen-bond donors (Lipinski definition) is 0. The number of alkyl halides is 3. The van der Waals surface area contributed by atoms with Gasteiger partial charge in [0.2, 0.25) is 5.88 Å². The van der Waals surface area contributed by atoms with Crippen LogP contribution in [0.25, 0.3) is 5.82 Å². The molecule has 0 aromatic carbocycles. The molecule has 0 amide bonds. The summed E-state index contributed by atoms with van der Waals surface area (Å²) < 4.78 is 45.4. The number of halogens is 4. The van der Waals surface area contributed by atoms with Gasteiger partial charge >= 0.3 is 6.18 Å². The standard InChI is InChI=1S/C16H21ClF3N3O.C2H6/c1-4-12(21-14(17)11(2)3)23-9-5-13(22-23)24-10-8-15(6-7-15)16(18,19)20;1-2/h4-5,9,11H,6-8,10H2,1-3H3;1-2H3/b12-4+,21-14+;. The van der Waals surface area contributed by atoms with Gasteiger partial charge in [-0.25, -0.2) is 9.67 Å². The van der Waals surface area contributed by atoms with Gasteiger partial charge in [0.1, 0.15) is 5.17 Å². The quantitative estimate of drug-likeness (QED) is 0.522. The van der Waals surface area contributed by atoms with Crippen LogP contribution in [-0.2, 0) is 0 Å². The smallest absolute Gasteiger partial charge is 0.394 e. The fourth-order valence-corrected chi connectivity index (χ4v) is 2.26. The van der Waals surface area contributed by atoms with Crippen LogP contribution in [0.2, 0.25) is 0 Å². The third kappa shape index (κ3) is 5.76. The second-order valence-electron chi connectivity index (χ2n) is 6.21. The minimum absolute atomic E-state index is 0.0162. The molecule has 1 aromatic heterocycles. The second-order valence-corrected chi connectivity index (χ2v) is 6.60. The lowest BCUT2D eigenvalue weighted by molar-refractivity contribution is -0.190. The average Bonchev–Trinajstić information content (AvgIpc) is 3.25. The summed E-state index contributed by atoms with van der Waals surface area (Å²) in [7, 11) is 0. The summed E-state index contributed by atoms with van der Waals surface area (Å²) in [6, 6.07) is 1.59. The van der Waals surface area contributed by atoms with Crippen molar-refractivity contribution in [3.63, 3.8) is 0 Å². The van der Waals surface area contributed by atoms with Crippen LogP contribution in [0, 0.1) is 11.3 Å². The molecule has 1 heterocycles. The average molecular weight is 394 g/mol. The molecule has 0 radical (unpaired) electrons. The number of nitrogens with zero attached hydrogens (tertiary/aromatic N) is 3. The molecule has 8 heteroatoms. The largest absolute Gasteiger partial charge is 0.477 e. The molecule has 0 N–H and O–H groups in total. The van der Waals surface area contributed by atoms with Crippen molar-refractivity contribution >= 4 is 22.6 Å². The van der Waals surface area contributed by atoms with Crippen LogP contribution in [0.4, 0.5) is 13.2 Å². The zero-order valence-corrected chi connectivity index (χ0v) is 16.7. The van der Waals surface area contributed by atoms with Gasteiger partial charge in [-0.15, -0.1) is 5.10 Å². The zero-order valence-electron chi connectivity index (χ0n) is 15.9. The van der Waals surface area contributed by atoms with E-state index >= 15 is 0 Å². The van der Waals surface area contributed by atoms with Crippen molar-refractivity contribution in [3.8, 4) is 5.88 Å². The van der Waals surface area contributed by atoms with E-state index in [4.69, 9.17) is 16.3 Å². The molecule has 0 spiro atoms. The lowest BCUT2D eigenvalue weighted by Crippen LogP contribution is -2.26. The molecule has 0 unspecified atom stereocenters. The third-order valence-electron chi connectivity index (χ3n) is 4.04. The van der Waals surface area contributed by atoms with Crippen molar-refractivity contribution in [1.82, 2.24) is 9.78 Å². The zero-order chi connectivity index (χ0) is 20.0. The Morgan fingerprint density at radius 3 is 2.50 bits per heavy atom. The second kappa shape index (κ2) is 9.44. The fourth-order valence-electron chi connectivity index (χ4n) is 2.18. The normalized spacial score (nSPS) is 17.0. The summed E-state index contributed by atoms with van der Waals surface area (Å²) >= 11 is 6.06. The summed E-state index contributed by atoms with van der Waals surface area (Å²) in [5, 5.41) is 4.62. The number of allylic oxidation sites excluding steroid dienone is 1. The van der Waals surface area contributed by atoms with E-state index in [9.17, 15) is 13.2 Å². The highest BCUT2D eigenvalue weighted by molar-refractivity contribution is 6.66. The molecule has 0 saturated heterocycles. The molecule has 4 nitrogen and oxygen atoms in total. The molecule has 1 aromatic rings. The highest BCUT2D eigenvalue weighted by Gasteiger charge is 2.62. The number of aromatic nitrogens is 2. The van der Waals surface area contributed by atoms with Crippen molar-refractivity contribution < 1.29 is 17.9 Å². The topological polar surface area (TPSA) is 39.4 Å². The Balaban J connectivity index is 0.00000163. The van der Waals surface area contributed by atoms with Gasteiger partial charge in [0.05, 0.1) is 12.0 Å². The van der Waals surface area contributed by atoms with E-state index in [1.165, 1.54) is 4.68 Å². The Bertz CT molecular complexity index is 632. The molecule has 148 valence electrons. The third-order valence-corrected chi connectivity index (χ3v) is 4.56. The maximum atomic E-state index is 12.9. The molecular formula is C18H27ClF3N3O. The summed E-state index contributed by atoms with van der Waals surface area (Å²) in [4.78, 5) is 4.28. The Morgan fingerprint density at radius 1 is 1.42 bits per heavy atom. The highest BCUT2D eigenvalue weighted by Crippen LogP contribution is 2.59. The molecule has 0 atom stereocenters. The molecular weight excluding hydrogens is 367 g/mol. The van der Waals surface area contributed by atoms with Gasteiger partial charge in [-0.2, -0.15) is 13.2 Å². The first-order valence-electron chi connectivity index (χ1n) is 8.84. The lowest BCUT2D eigenvalue weighted by Gasteiger charge is -2.18. The van der Waals surface area contributed by atoms with E-state index in [1.54, 1.807) is 25.3 Å². The predicted octanol–water partition coefficient (Wildman–Crippen LogP) is 6.13. The lowest BCUT2D eigenvalue weighted by atomic mass is 10.0. The van der Waals surface area contributed by atoms with Crippen LogP contribution in [0.5, 0.6) is 5.88 Å². The summed E-state index contributed by atoms with van der Waals surface area (Å²) in [5.74, 6) is 0.880. The van der Waals surface area contributed by atoms with Crippen LogP contribution >= 0.6 is 11.6 Å². The van der Waals surface area contributed by atoms with Crippen LogP contribution < -0.4 is 4.74 Å². The highest BCUT2D eigenvalue weighted by atomic mass is 35.5. The van der Waals surface area contributed by atoms with E-state index < -0.39 is 11.6 Å². The van der Waals surface area contributed by atoms with Gasteiger partial charge in [0.25, 0.3) is 0 Å². The predicted molar refractivity (Wildman–Crippen MR) is 99.5 cm³/mol. The van der Waals surface area contributed by atoms with Gasteiger partial charge in [-0.05, 0) is 32.3 Å². The minimum atomic E-state index is -4.16. The Kier molecular flexibility index (Phi) is 8.18. The molecule has 1 fully saturated rings. The monoisotopic (exact) mass is 393 g/mol. The maximum absolute atomic E-state index is 12.9. The van der Waals surface area contributed by atoms with Crippen molar-refractivity contribution in [1.29, 1.82) is 0 Å². The molecule has 1 aliphatic carbocycles. The van der Waals surface area contributed by atoms with Gasteiger partial charge < -0.3 is 4.74 Å². The number of ether oxygens (including phenoxy) is 1. The van der Waals surface area contributed by atoms with Crippen LogP contribution in [-0.4, -0.2) is 27.7 Å². The Morgan fingerprint density at radius 2 is 2.04 bits per heavy atom. The van der Waals surface area contributed by atoms with Crippen molar-refractivity contribution in [3.05, 3.63) is 18.3 Å². The first-order valence-corrected chi connectivity index (χ1v) is 9.22. The van der Waals surface area contributed by atoms with Gasteiger partial charge in [-0.3, -0.25) is 0 Å². The van der Waals surface area contributed by atoms with Gasteiger partial charge in [0, 0.05) is 18.2 Å². The van der Waals surface area contributed by atoms with Crippen molar-refractivity contribution in [2.45, 2.75) is 60.1 Å². The first-order chi connectivity index (χ1) is 12.2.